The molecule has 0 radical (unpaired) electrons. The van der Waals surface area contributed by atoms with Crippen LogP contribution in [0.25, 0.3) is 22.5 Å². The standard InChI is InChI=1S/C18H14N6S/c1-3-7-13(8-4-1)16-17(14-9-5-2-6-10-14)22-23-18(20-16)25-12-15-11-19-24-21-15/h1-11H,12H2,(H,19,21,24). The van der Waals surface area contributed by atoms with Crippen molar-refractivity contribution in [3.05, 3.63) is 72.6 Å². The van der Waals surface area contributed by atoms with Crippen molar-refractivity contribution in [3.8, 4) is 22.5 Å². The molecule has 4 aromatic rings. The molecule has 2 heterocycles. The molecule has 2 aromatic carbocycles. The maximum absolute atomic E-state index is 4.75. The van der Waals surface area contributed by atoms with Gasteiger partial charge in [-0.25, -0.2) is 4.98 Å². The summed E-state index contributed by atoms with van der Waals surface area (Å²) in [6.45, 7) is 0. The van der Waals surface area contributed by atoms with Gasteiger partial charge >= 0.3 is 0 Å². The molecule has 0 bridgehead atoms. The highest BCUT2D eigenvalue weighted by atomic mass is 32.2. The summed E-state index contributed by atoms with van der Waals surface area (Å²) < 4.78 is 0. The zero-order valence-corrected chi connectivity index (χ0v) is 14.0. The summed E-state index contributed by atoms with van der Waals surface area (Å²) in [5.41, 5.74) is 4.46. The summed E-state index contributed by atoms with van der Waals surface area (Å²) >= 11 is 1.48. The van der Waals surface area contributed by atoms with Crippen LogP contribution >= 0.6 is 11.8 Å². The summed E-state index contributed by atoms with van der Waals surface area (Å²) in [6, 6.07) is 20.0. The van der Waals surface area contributed by atoms with Gasteiger partial charge in [-0.3, -0.25) is 0 Å². The molecule has 0 atom stereocenters. The number of aromatic nitrogens is 6. The van der Waals surface area contributed by atoms with Crippen LogP contribution in [0.2, 0.25) is 0 Å². The summed E-state index contributed by atoms with van der Waals surface area (Å²) in [4.78, 5) is 4.75. The second-order valence-electron chi connectivity index (χ2n) is 5.27. The van der Waals surface area contributed by atoms with E-state index < -0.39 is 0 Å². The van der Waals surface area contributed by atoms with Gasteiger partial charge in [-0.2, -0.15) is 15.4 Å². The van der Waals surface area contributed by atoms with Crippen LogP contribution in [0.4, 0.5) is 0 Å². The van der Waals surface area contributed by atoms with Crippen LogP contribution in [0.3, 0.4) is 0 Å². The number of aromatic amines is 1. The van der Waals surface area contributed by atoms with Gasteiger partial charge in [-0.15, -0.1) is 10.2 Å². The van der Waals surface area contributed by atoms with Crippen LogP contribution in [0.5, 0.6) is 0 Å². The van der Waals surface area contributed by atoms with Crippen LogP contribution in [0, 0.1) is 0 Å². The van der Waals surface area contributed by atoms with Crippen molar-refractivity contribution in [2.45, 2.75) is 10.9 Å². The maximum atomic E-state index is 4.75. The lowest BCUT2D eigenvalue weighted by Crippen LogP contribution is -1.99. The van der Waals surface area contributed by atoms with Crippen molar-refractivity contribution < 1.29 is 0 Å². The lowest BCUT2D eigenvalue weighted by molar-refractivity contribution is 0.849. The molecule has 4 rings (SSSR count). The molecule has 7 heteroatoms. The number of benzene rings is 2. The van der Waals surface area contributed by atoms with Gasteiger partial charge in [0, 0.05) is 16.9 Å². The average Bonchev–Trinajstić information content (AvgIpc) is 3.21. The van der Waals surface area contributed by atoms with Gasteiger partial charge < -0.3 is 0 Å². The molecule has 6 nitrogen and oxygen atoms in total. The zero-order valence-electron chi connectivity index (χ0n) is 13.2. The predicted octanol–water partition coefficient (Wildman–Crippen LogP) is 3.62. The molecule has 2 aromatic heterocycles. The number of nitrogens with zero attached hydrogens (tertiary/aromatic N) is 5. The minimum absolute atomic E-state index is 0.613. The van der Waals surface area contributed by atoms with E-state index in [-0.39, 0.29) is 0 Å². The van der Waals surface area contributed by atoms with Crippen molar-refractivity contribution in [2.24, 2.45) is 0 Å². The normalized spacial score (nSPS) is 10.7. The smallest absolute Gasteiger partial charge is 0.210 e. The summed E-state index contributed by atoms with van der Waals surface area (Å²) in [5, 5.41) is 19.8. The molecule has 25 heavy (non-hydrogen) atoms. The molecule has 0 saturated heterocycles. The number of hydrogen-bond acceptors (Lipinski definition) is 6. The Labute approximate surface area is 148 Å². The Morgan fingerprint density at radius 3 is 2.12 bits per heavy atom. The minimum Gasteiger partial charge on any atom is -0.219 e. The van der Waals surface area contributed by atoms with E-state index in [2.05, 4.69) is 25.6 Å². The summed E-state index contributed by atoms with van der Waals surface area (Å²) in [5.74, 6) is 0.636. The van der Waals surface area contributed by atoms with Gasteiger partial charge in [0.2, 0.25) is 5.16 Å². The topological polar surface area (TPSA) is 80.2 Å². The lowest BCUT2D eigenvalue weighted by Gasteiger charge is -2.09. The van der Waals surface area contributed by atoms with Gasteiger partial charge in [-0.05, 0) is 0 Å². The van der Waals surface area contributed by atoms with Crippen molar-refractivity contribution in [1.82, 2.24) is 30.6 Å². The molecule has 0 aliphatic carbocycles. The monoisotopic (exact) mass is 346 g/mol. The Hall–Kier alpha value is -3.06. The first-order chi connectivity index (χ1) is 12.4. The van der Waals surface area contributed by atoms with E-state index in [4.69, 9.17) is 4.98 Å². The number of rotatable bonds is 5. The highest BCUT2D eigenvalue weighted by Crippen LogP contribution is 2.30. The Bertz CT molecular complexity index is 942. The first-order valence-corrected chi connectivity index (χ1v) is 8.72. The van der Waals surface area contributed by atoms with Crippen molar-refractivity contribution in [2.75, 3.05) is 0 Å². The van der Waals surface area contributed by atoms with Gasteiger partial charge in [0.25, 0.3) is 0 Å². The van der Waals surface area contributed by atoms with Gasteiger partial charge in [0.1, 0.15) is 11.4 Å². The molecule has 0 saturated carbocycles. The molecular formula is C18H14N6S. The first-order valence-electron chi connectivity index (χ1n) is 7.73. The molecule has 0 unspecified atom stereocenters. The van der Waals surface area contributed by atoms with Crippen LogP contribution in [0.15, 0.2) is 72.0 Å². The molecule has 0 aliphatic rings. The summed E-state index contributed by atoms with van der Waals surface area (Å²) in [6.07, 6.45) is 1.69. The molecule has 0 aliphatic heterocycles. The molecular weight excluding hydrogens is 332 g/mol. The largest absolute Gasteiger partial charge is 0.219 e. The van der Waals surface area contributed by atoms with Crippen LogP contribution < -0.4 is 0 Å². The van der Waals surface area contributed by atoms with Gasteiger partial charge in [0.15, 0.2) is 0 Å². The third kappa shape index (κ3) is 3.56. The zero-order chi connectivity index (χ0) is 16.9. The van der Waals surface area contributed by atoms with Gasteiger partial charge in [0.05, 0.1) is 11.9 Å². The lowest BCUT2D eigenvalue weighted by atomic mass is 10.0. The summed E-state index contributed by atoms with van der Waals surface area (Å²) in [7, 11) is 0. The van der Waals surface area contributed by atoms with E-state index in [1.165, 1.54) is 11.8 Å². The maximum Gasteiger partial charge on any atom is 0.210 e. The van der Waals surface area contributed by atoms with E-state index in [9.17, 15) is 0 Å². The van der Waals surface area contributed by atoms with E-state index in [1.807, 2.05) is 60.7 Å². The fraction of sp³-hybridized carbons (Fsp3) is 0.0556. The molecule has 1 N–H and O–H groups in total. The van der Waals surface area contributed by atoms with Crippen molar-refractivity contribution >= 4 is 11.8 Å². The second-order valence-corrected chi connectivity index (χ2v) is 6.22. The SMILES string of the molecule is c1ccc(-c2nnc(SCc3cn[nH]n3)nc2-c2ccccc2)cc1. The van der Waals surface area contributed by atoms with Crippen LogP contribution in [0.1, 0.15) is 5.69 Å². The fourth-order valence-electron chi connectivity index (χ4n) is 2.39. The number of H-pyrrole nitrogens is 1. The molecule has 0 fully saturated rings. The molecule has 0 spiro atoms. The Morgan fingerprint density at radius 2 is 1.48 bits per heavy atom. The third-order valence-electron chi connectivity index (χ3n) is 3.58. The highest BCUT2D eigenvalue weighted by molar-refractivity contribution is 7.98. The first kappa shape index (κ1) is 15.5. The van der Waals surface area contributed by atoms with Crippen molar-refractivity contribution in [3.63, 3.8) is 0 Å². The number of nitrogens with one attached hydrogen (secondary N) is 1. The predicted molar refractivity (Wildman–Crippen MR) is 96.6 cm³/mol. The number of hydrogen-bond donors (Lipinski definition) is 1. The van der Waals surface area contributed by atoms with E-state index in [0.717, 1.165) is 28.2 Å². The fourth-order valence-corrected chi connectivity index (χ4v) is 3.06. The third-order valence-corrected chi connectivity index (χ3v) is 4.45. The quantitative estimate of drug-likeness (QED) is 0.556. The van der Waals surface area contributed by atoms with Gasteiger partial charge in [-0.1, -0.05) is 72.4 Å². The molecule has 122 valence electrons. The second kappa shape index (κ2) is 7.23. The van der Waals surface area contributed by atoms with E-state index in [0.29, 0.717) is 10.9 Å². The van der Waals surface area contributed by atoms with Crippen LogP contribution in [-0.4, -0.2) is 30.6 Å². The minimum atomic E-state index is 0.613. The van der Waals surface area contributed by atoms with Crippen molar-refractivity contribution in [1.29, 1.82) is 0 Å². The highest BCUT2D eigenvalue weighted by Gasteiger charge is 2.13. The van der Waals surface area contributed by atoms with E-state index >= 15 is 0 Å². The number of thioether (sulfide) groups is 1. The molecule has 0 amide bonds. The Balaban J connectivity index is 1.72. The Morgan fingerprint density at radius 1 is 0.800 bits per heavy atom. The van der Waals surface area contributed by atoms with Crippen LogP contribution in [-0.2, 0) is 5.75 Å². The van der Waals surface area contributed by atoms with E-state index in [1.54, 1.807) is 6.20 Å². The average molecular weight is 346 g/mol. The Kier molecular flexibility index (Phi) is 4.47.